The summed E-state index contributed by atoms with van der Waals surface area (Å²) in [7, 11) is -2.76. The summed E-state index contributed by atoms with van der Waals surface area (Å²) in [6.07, 6.45) is 0.297. The molecule has 0 heterocycles. The van der Waals surface area contributed by atoms with E-state index < -0.39 is 13.2 Å². The fourth-order valence-electron chi connectivity index (χ4n) is 4.39. The molecule has 0 saturated heterocycles. The summed E-state index contributed by atoms with van der Waals surface area (Å²) >= 11 is 6.11. The van der Waals surface area contributed by atoms with Crippen LogP contribution in [0, 0.1) is 16.0 Å². The molecule has 3 rings (SSSR count). The largest absolute Gasteiger partial charge is 0.407 e. The first-order valence-electron chi connectivity index (χ1n) is 11.0. The monoisotopic (exact) mass is 483 g/mol. The zero-order chi connectivity index (χ0) is 24.1. The van der Waals surface area contributed by atoms with Crippen LogP contribution in [-0.2, 0) is 10.8 Å². The van der Waals surface area contributed by atoms with Crippen LogP contribution in [0.1, 0.15) is 26.3 Å². The predicted molar refractivity (Wildman–Crippen MR) is 136 cm³/mol. The first-order valence-corrected chi connectivity index (χ1v) is 13.3. The van der Waals surface area contributed by atoms with Gasteiger partial charge in [0.05, 0.1) is 4.92 Å². The Hall–Kier alpha value is -2.51. The van der Waals surface area contributed by atoms with Crippen LogP contribution in [0.3, 0.4) is 0 Å². The Kier molecular flexibility index (Phi) is 8.08. The van der Waals surface area contributed by atoms with Gasteiger partial charge in [-0.2, -0.15) is 0 Å². The molecule has 0 unspecified atom stereocenters. The number of nitro groups is 1. The molecule has 3 aromatic rings. The van der Waals surface area contributed by atoms with E-state index >= 15 is 0 Å². The molecule has 0 aromatic heterocycles. The lowest BCUT2D eigenvalue weighted by atomic mass is 9.99. The van der Waals surface area contributed by atoms with Crippen LogP contribution in [0.4, 0.5) is 5.69 Å². The average molecular weight is 484 g/mol. The minimum absolute atomic E-state index is 0.00305. The van der Waals surface area contributed by atoms with Crippen molar-refractivity contribution in [3.05, 3.63) is 99.6 Å². The van der Waals surface area contributed by atoms with Crippen LogP contribution in [-0.4, -0.2) is 31.6 Å². The molecule has 0 aliphatic carbocycles. The topological polar surface area (TPSA) is 72.6 Å². The smallest absolute Gasteiger partial charge is 0.272 e. The Morgan fingerprint density at radius 3 is 2.00 bits per heavy atom. The molecule has 0 aliphatic rings. The van der Waals surface area contributed by atoms with Crippen molar-refractivity contribution in [3.63, 3.8) is 0 Å². The number of aliphatic hydroxyl groups is 1. The predicted octanol–water partition coefficient (Wildman–Crippen LogP) is 4.98. The molecule has 0 fully saturated rings. The van der Waals surface area contributed by atoms with Gasteiger partial charge in [0.15, 0.2) is 0 Å². The normalized spacial score (nSPS) is 13.0. The van der Waals surface area contributed by atoms with Crippen molar-refractivity contribution in [2.45, 2.75) is 32.2 Å². The van der Waals surface area contributed by atoms with Gasteiger partial charge >= 0.3 is 0 Å². The van der Waals surface area contributed by atoms with Gasteiger partial charge in [0, 0.05) is 35.8 Å². The van der Waals surface area contributed by atoms with Crippen molar-refractivity contribution in [2.24, 2.45) is 5.92 Å². The van der Waals surface area contributed by atoms with E-state index in [1.54, 1.807) is 6.07 Å². The average Bonchev–Trinajstić information content (AvgIpc) is 2.79. The summed E-state index contributed by atoms with van der Waals surface area (Å²) in [5.74, 6) is -0.316. The molecule has 0 radical (unpaired) electrons. The standard InChI is InChI=1S/C26H30ClNO4Si/c1-26(2,3)33(23-10-6-4-7-11-23,24-12-8-5-9-13-24)32-19-20(18-29)16-21-17-22(27)14-15-25(21)28(30)31/h4-15,17,20,29H,16,18-19H2,1-3H3/t20-/m0/s1. The SMILES string of the molecule is CC(C)(C)[Si](OC[C@H](CO)Cc1cc(Cl)ccc1[N+](=O)[O-])(c1ccccc1)c1ccccc1. The summed E-state index contributed by atoms with van der Waals surface area (Å²) < 4.78 is 6.90. The second-order valence-electron chi connectivity index (χ2n) is 9.26. The van der Waals surface area contributed by atoms with Crippen LogP contribution in [0.2, 0.25) is 10.1 Å². The van der Waals surface area contributed by atoms with Crippen LogP contribution in [0.15, 0.2) is 78.9 Å². The number of hydrogen-bond donors (Lipinski definition) is 1. The van der Waals surface area contributed by atoms with Crippen LogP contribution in [0.5, 0.6) is 0 Å². The Bertz CT molecular complexity index is 1030. The zero-order valence-electron chi connectivity index (χ0n) is 19.2. The molecule has 0 spiro atoms. The van der Waals surface area contributed by atoms with Gasteiger partial charge in [-0.05, 0) is 34.0 Å². The highest BCUT2D eigenvalue weighted by molar-refractivity contribution is 6.99. The molecule has 1 atom stereocenters. The summed E-state index contributed by atoms with van der Waals surface area (Å²) in [5, 5.41) is 24.2. The maximum atomic E-state index is 11.5. The Morgan fingerprint density at radius 2 is 1.55 bits per heavy atom. The summed E-state index contributed by atoms with van der Waals surface area (Å²) in [4.78, 5) is 11.1. The second-order valence-corrected chi connectivity index (χ2v) is 14.0. The molecule has 0 aliphatic heterocycles. The third-order valence-electron chi connectivity index (χ3n) is 5.96. The summed E-state index contributed by atoms with van der Waals surface area (Å²) in [6.45, 7) is 6.69. The Labute approximate surface area is 201 Å². The number of nitrogens with zero attached hydrogens (tertiary/aromatic N) is 1. The third-order valence-corrected chi connectivity index (χ3v) is 11.2. The van der Waals surface area contributed by atoms with Gasteiger partial charge in [0.1, 0.15) is 0 Å². The Balaban J connectivity index is 1.99. The second kappa shape index (κ2) is 10.6. The molecule has 0 bridgehead atoms. The van der Waals surface area contributed by atoms with Crippen molar-refractivity contribution in [3.8, 4) is 0 Å². The van der Waals surface area contributed by atoms with Crippen molar-refractivity contribution < 1.29 is 14.5 Å². The number of rotatable bonds is 9. The van der Waals surface area contributed by atoms with E-state index in [4.69, 9.17) is 16.0 Å². The molecule has 1 N–H and O–H groups in total. The van der Waals surface area contributed by atoms with Gasteiger partial charge in [-0.3, -0.25) is 10.1 Å². The van der Waals surface area contributed by atoms with Gasteiger partial charge < -0.3 is 9.53 Å². The number of aliphatic hydroxyl groups excluding tert-OH is 1. The lowest BCUT2D eigenvalue weighted by Crippen LogP contribution is -2.67. The number of halogens is 1. The quantitative estimate of drug-likeness (QED) is 0.265. The van der Waals surface area contributed by atoms with Gasteiger partial charge in [0.2, 0.25) is 0 Å². The maximum absolute atomic E-state index is 11.5. The highest BCUT2D eigenvalue weighted by Gasteiger charge is 2.50. The number of hydrogen-bond acceptors (Lipinski definition) is 4. The van der Waals surface area contributed by atoms with Crippen LogP contribution in [0.25, 0.3) is 0 Å². The fourth-order valence-corrected chi connectivity index (χ4v) is 9.22. The molecular formula is C26H30ClNO4Si. The van der Waals surface area contributed by atoms with E-state index in [1.165, 1.54) is 12.1 Å². The van der Waals surface area contributed by atoms with Crippen molar-refractivity contribution in [1.82, 2.24) is 0 Å². The third kappa shape index (κ3) is 5.53. The van der Waals surface area contributed by atoms with E-state index in [0.717, 1.165) is 10.4 Å². The molecule has 174 valence electrons. The maximum Gasteiger partial charge on any atom is 0.272 e. The lowest BCUT2D eigenvalue weighted by Gasteiger charge is -2.43. The molecular weight excluding hydrogens is 454 g/mol. The highest BCUT2D eigenvalue weighted by Crippen LogP contribution is 2.37. The van der Waals surface area contributed by atoms with Crippen molar-refractivity contribution in [1.29, 1.82) is 0 Å². The minimum Gasteiger partial charge on any atom is -0.407 e. The van der Waals surface area contributed by atoms with Gasteiger partial charge in [-0.25, -0.2) is 0 Å². The van der Waals surface area contributed by atoms with Gasteiger partial charge in [-0.15, -0.1) is 0 Å². The van der Waals surface area contributed by atoms with Crippen molar-refractivity contribution in [2.75, 3.05) is 13.2 Å². The van der Waals surface area contributed by atoms with E-state index in [2.05, 4.69) is 45.0 Å². The molecule has 0 amide bonds. The molecule has 0 saturated carbocycles. The summed E-state index contributed by atoms with van der Waals surface area (Å²) in [5.41, 5.74) is 0.501. The lowest BCUT2D eigenvalue weighted by molar-refractivity contribution is -0.385. The van der Waals surface area contributed by atoms with Crippen LogP contribution >= 0.6 is 11.6 Å². The van der Waals surface area contributed by atoms with E-state index in [0.29, 0.717) is 17.0 Å². The van der Waals surface area contributed by atoms with E-state index in [1.807, 2.05) is 36.4 Å². The Morgan fingerprint density at radius 1 is 1.00 bits per heavy atom. The minimum atomic E-state index is -2.76. The highest BCUT2D eigenvalue weighted by atomic mass is 35.5. The van der Waals surface area contributed by atoms with Gasteiger partial charge in [0.25, 0.3) is 14.0 Å². The first kappa shape index (κ1) is 25.1. The fraction of sp³-hybridized carbons (Fsp3) is 0.308. The molecule has 5 nitrogen and oxygen atoms in total. The number of nitro benzene ring substituents is 1. The molecule has 33 heavy (non-hydrogen) atoms. The van der Waals surface area contributed by atoms with Crippen LogP contribution < -0.4 is 10.4 Å². The number of benzene rings is 3. The molecule has 3 aromatic carbocycles. The first-order chi connectivity index (χ1) is 15.7. The van der Waals surface area contributed by atoms with Gasteiger partial charge in [-0.1, -0.05) is 93.0 Å². The molecule has 7 heteroatoms. The van der Waals surface area contributed by atoms with E-state index in [-0.39, 0.29) is 29.9 Å². The van der Waals surface area contributed by atoms with Crippen molar-refractivity contribution >= 4 is 36.0 Å². The zero-order valence-corrected chi connectivity index (χ0v) is 21.0. The summed E-state index contributed by atoms with van der Waals surface area (Å²) in [6, 6.07) is 25.0. The van der Waals surface area contributed by atoms with E-state index in [9.17, 15) is 15.2 Å².